The average Bonchev–Trinajstić information content (AvgIpc) is 2.81. The van der Waals surface area contributed by atoms with E-state index in [0.29, 0.717) is 5.41 Å². The quantitative estimate of drug-likeness (QED) is 0.627. The van der Waals surface area contributed by atoms with E-state index in [1.54, 1.807) is 0 Å². The van der Waals surface area contributed by atoms with Crippen molar-refractivity contribution in [3.05, 3.63) is 0 Å². The highest BCUT2D eigenvalue weighted by Crippen LogP contribution is 2.67. The molecule has 0 amide bonds. The molecule has 3 rings (SSSR count). The second-order valence-corrected chi connectivity index (χ2v) is 15.8. The molecule has 0 aromatic heterocycles. The predicted octanol–water partition coefficient (Wildman–Crippen LogP) is 5.50. The molecular weight excluding hydrogens is 316 g/mol. The summed E-state index contributed by atoms with van der Waals surface area (Å²) in [6.45, 7) is 20.5. The number of ether oxygens (including phenoxy) is 2. The van der Waals surface area contributed by atoms with Gasteiger partial charge in [-0.05, 0) is 56.7 Å². The van der Waals surface area contributed by atoms with Gasteiger partial charge in [0.25, 0.3) is 0 Å². The highest BCUT2D eigenvalue weighted by Gasteiger charge is 2.68. The highest BCUT2D eigenvalue weighted by molar-refractivity contribution is 6.74. The van der Waals surface area contributed by atoms with E-state index in [4.69, 9.17) is 13.9 Å². The second kappa shape index (κ2) is 5.31. The first-order valence-electron chi connectivity index (χ1n) is 9.76. The van der Waals surface area contributed by atoms with Crippen LogP contribution < -0.4 is 0 Å². The van der Waals surface area contributed by atoms with E-state index < -0.39 is 14.1 Å². The molecule has 0 N–H and O–H groups in total. The molecule has 3 atom stereocenters. The number of hydrogen-bond donors (Lipinski definition) is 0. The second-order valence-electron chi connectivity index (χ2n) is 11.0. The Morgan fingerprint density at radius 2 is 1.67 bits per heavy atom. The van der Waals surface area contributed by atoms with Crippen LogP contribution in [0.25, 0.3) is 0 Å². The molecule has 4 heteroatoms. The molecule has 0 aromatic carbocycles. The fourth-order valence-corrected chi connectivity index (χ4v) is 6.40. The summed E-state index contributed by atoms with van der Waals surface area (Å²) < 4.78 is 19.6. The summed E-state index contributed by atoms with van der Waals surface area (Å²) >= 11 is 0. The summed E-state index contributed by atoms with van der Waals surface area (Å²) in [4.78, 5) is 0. The van der Waals surface area contributed by atoms with Gasteiger partial charge in [-0.2, -0.15) is 0 Å². The lowest BCUT2D eigenvalue weighted by molar-refractivity contribution is -0.195. The third-order valence-corrected chi connectivity index (χ3v) is 11.9. The fraction of sp³-hybridized carbons (Fsp3) is 1.00. The van der Waals surface area contributed by atoms with Gasteiger partial charge in [0.15, 0.2) is 14.1 Å². The van der Waals surface area contributed by atoms with Crippen LogP contribution in [-0.2, 0) is 13.9 Å². The Morgan fingerprint density at radius 3 is 2.17 bits per heavy atom. The first kappa shape index (κ1) is 18.9. The van der Waals surface area contributed by atoms with E-state index in [2.05, 4.69) is 61.6 Å². The summed E-state index contributed by atoms with van der Waals surface area (Å²) in [6, 6.07) is 0. The van der Waals surface area contributed by atoms with Crippen LogP contribution in [-0.4, -0.2) is 32.4 Å². The van der Waals surface area contributed by atoms with E-state index in [-0.39, 0.29) is 28.8 Å². The van der Waals surface area contributed by atoms with Gasteiger partial charge < -0.3 is 13.9 Å². The van der Waals surface area contributed by atoms with Gasteiger partial charge in [-0.3, -0.25) is 0 Å². The summed E-state index contributed by atoms with van der Waals surface area (Å²) in [6.07, 6.45) is 5.39. The van der Waals surface area contributed by atoms with Gasteiger partial charge >= 0.3 is 0 Å². The van der Waals surface area contributed by atoms with E-state index in [1.807, 2.05) is 0 Å². The van der Waals surface area contributed by atoms with Crippen LogP contribution in [0.5, 0.6) is 0 Å². The van der Waals surface area contributed by atoms with Gasteiger partial charge in [0.1, 0.15) is 6.10 Å². The van der Waals surface area contributed by atoms with Gasteiger partial charge in [-0.25, -0.2) is 0 Å². The van der Waals surface area contributed by atoms with Crippen LogP contribution in [0.2, 0.25) is 18.1 Å². The molecule has 3 nitrogen and oxygen atoms in total. The molecule has 1 aliphatic heterocycles. The lowest BCUT2D eigenvalue weighted by Crippen LogP contribution is -2.51. The Bertz CT molecular complexity index is 500. The molecule has 0 aromatic rings. The third-order valence-electron chi connectivity index (χ3n) is 7.37. The molecule has 1 heterocycles. The molecule has 0 radical (unpaired) electrons. The van der Waals surface area contributed by atoms with Crippen LogP contribution in [0.3, 0.4) is 0 Å². The average molecular weight is 355 g/mol. The van der Waals surface area contributed by atoms with Gasteiger partial charge in [0.2, 0.25) is 0 Å². The number of hydrogen-bond acceptors (Lipinski definition) is 3. The Balaban J connectivity index is 1.82. The topological polar surface area (TPSA) is 27.7 Å². The van der Waals surface area contributed by atoms with E-state index in [9.17, 15) is 0 Å². The highest BCUT2D eigenvalue weighted by atomic mass is 28.4. The molecule has 3 aliphatic rings. The summed E-state index contributed by atoms with van der Waals surface area (Å²) in [7, 11) is -1.81. The molecule has 2 saturated carbocycles. The summed E-state index contributed by atoms with van der Waals surface area (Å²) in [5, 5.41) is 0.227. The Labute approximate surface area is 150 Å². The molecule has 1 spiro atoms. The minimum Gasteiger partial charge on any atom is -0.411 e. The Kier molecular flexibility index (Phi) is 4.17. The van der Waals surface area contributed by atoms with Crippen molar-refractivity contribution >= 4 is 8.32 Å². The molecule has 3 fully saturated rings. The first-order valence-corrected chi connectivity index (χ1v) is 12.7. The zero-order valence-electron chi connectivity index (χ0n) is 17.3. The van der Waals surface area contributed by atoms with Crippen molar-refractivity contribution in [2.75, 3.05) is 0 Å². The van der Waals surface area contributed by atoms with Crippen LogP contribution in [0.4, 0.5) is 0 Å². The van der Waals surface area contributed by atoms with Gasteiger partial charge in [-0.15, -0.1) is 0 Å². The minimum absolute atomic E-state index is 0.107. The minimum atomic E-state index is -1.81. The zero-order valence-corrected chi connectivity index (χ0v) is 18.3. The summed E-state index contributed by atoms with van der Waals surface area (Å²) in [5.41, 5.74) is 0.753. The molecule has 24 heavy (non-hydrogen) atoms. The van der Waals surface area contributed by atoms with Crippen LogP contribution in [0.15, 0.2) is 0 Å². The largest absolute Gasteiger partial charge is 0.411 e. The third kappa shape index (κ3) is 2.91. The number of fused-ring (bicyclic) bond motifs is 2. The molecular formula is C20H38O3Si. The van der Waals surface area contributed by atoms with E-state index in [0.717, 1.165) is 6.42 Å². The van der Waals surface area contributed by atoms with Crippen molar-refractivity contribution in [3.63, 3.8) is 0 Å². The smallest absolute Gasteiger partial charge is 0.192 e. The maximum absolute atomic E-state index is 6.84. The van der Waals surface area contributed by atoms with Gasteiger partial charge in [0.05, 0.1) is 12.2 Å². The summed E-state index contributed by atoms with van der Waals surface area (Å²) in [5.74, 6) is -0.476. The number of rotatable bonds is 3. The van der Waals surface area contributed by atoms with Crippen molar-refractivity contribution in [1.29, 1.82) is 0 Å². The van der Waals surface area contributed by atoms with Gasteiger partial charge in [-0.1, -0.05) is 41.0 Å². The molecule has 1 saturated heterocycles. The van der Waals surface area contributed by atoms with Crippen LogP contribution >= 0.6 is 0 Å². The van der Waals surface area contributed by atoms with Crippen molar-refractivity contribution in [2.45, 2.75) is 116 Å². The molecule has 2 aliphatic carbocycles. The zero-order chi connectivity index (χ0) is 18.2. The Hall–Kier alpha value is 0.0969. The Morgan fingerprint density at radius 1 is 1.08 bits per heavy atom. The molecule has 0 unspecified atom stereocenters. The van der Waals surface area contributed by atoms with E-state index in [1.165, 1.54) is 19.3 Å². The molecule has 0 bridgehead atoms. The van der Waals surface area contributed by atoms with Crippen molar-refractivity contribution in [2.24, 2.45) is 10.8 Å². The van der Waals surface area contributed by atoms with Gasteiger partial charge in [0, 0.05) is 5.41 Å². The normalized spacial score (nSPS) is 44.6. The molecule has 140 valence electrons. The maximum atomic E-state index is 6.84. The van der Waals surface area contributed by atoms with E-state index >= 15 is 0 Å². The maximum Gasteiger partial charge on any atom is 0.192 e. The lowest BCUT2D eigenvalue weighted by Gasteiger charge is -2.55. The fourth-order valence-electron chi connectivity index (χ4n) is 5.08. The predicted molar refractivity (Wildman–Crippen MR) is 101 cm³/mol. The van der Waals surface area contributed by atoms with Crippen LogP contribution in [0.1, 0.15) is 74.1 Å². The first-order chi connectivity index (χ1) is 10.7. The van der Waals surface area contributed by atoms with Crippen molar-refractivity contribution in [3.8, 4) is 0 Å². The van der Waals surface area contributed by atoms with Crippen molar-refractivity contribution in [1.82, 2.24) is 0 Å². The monoisotopic (exact) mass is 354 g/mol. The standard InChI is InChI=1S/C20H38O3Si/c1-10-19(7)12-20(13-19)11-14(23-24(8,9)17(2,3)4)15-16(20)22-18(5,6)21-15/h14-16H,10-13H2,1-9H3/t14-,15-,16-,19?,20?/m0/s1. The van der Waals surface area contributed by atoms with Crippen LogP contribution in [0, 0.1) is 10.8 Å². The SMILES string of the molecule is CCC1(C)CC2(C[C@H](O[Si](C)(C)C(C)(C)C)[C@@H]3OC(C)(C)O[C@@H]32)C1. The van der Waals surface area contributed by atoms with Crippen molar-refractivity contribution < 1.29 is 13.9 Å². The lowest BCUT2D eigenvalue weighted by atomic mass is 9.51.